The van der Waals surface area contributed by atoms with Gasteiger partial charge in [-0.15, -0.1) is 0 Å². The first-order valence-electron chi connectivity index (χ1n) is 4.39. The predicted octanol–water partition coefficient (Wildman–Crippen LogP) is -1.18. The molecule has 0 radical (unpaired) electrons. The van der Waals surface area contributed by atoms with Gasteiger partial charge in [-0.05, 0) is 0 Å². The molecule has 0 aromatic heterocycles. The highest BCUT2D eigenvalue weighted by atomic mass is 16.7. The van der Waals surface area contributed by atoms with Gasteiger partial charge in [-0.2, -0.15) is 0 Å². The molecule has 5 atom stereocenters. The Morgan fingerprint density at radius 3 is 3.18 bits per heavy atom. The smallest absolute Gasteiger partial charge is 0.177 e. The normalized spacial score (nSPS) is 72.9. The van der Waals surface area contributed by atoms with Crippen LogP contribution in [0.2, 0.25) is 0 Å². The van der Waals surface area contributed by atoms with Gasteiger partial charge < -0.3 is 20.3 Å². The van der Waals surface area contributed by atoms with Gasteiger partial charge in [0, 0.05) is 13.0 Å². The zero-order valence-electron chi connectivity index (χ0n) is 6.99. The van der Waals surface area contributed by atoms with Crippen molar-refractivity contribution >= 4 is 0 Å². The van der Waals surface area contributed by atoms with Crippen molar-refractivity contribution in [2.75, 3.05) is 13.1 Å². The van der Waals surface area contributed by atoms with Crippen molar-refractivity contribution < 1.29 is 16.0 Å². The lowest BCUT2D eigenvalue weighted by atomic mass is 9.59. The Bertz CT molecular complexity index is 247. The summed E-state index contributed by atoms with van der Waals surface area (Å²) in [5.41, 5.74) is 5.08. The number of hydrogen-bond acceptors (Lipinski definition) is 4. The van der Waals surface area contributed by atoms with Crippen molar-refractivity contribution in [3.8, 4) is 0 Å². The molecule has 3 unspecified atom stereocenters. The minimum Gasteiger partial charge on any atom is -0.370 e. The summed E-state index contributed by atoms with van der Waals surface area (Å²) in [5, 5.41) is 9.62. The second-order valence-corrected chi connectivity index (χ2v) is 3.60. The Balaban J connectivity index is 1.94. The van der Waals surface area contributed by atoms with Crippen LogP contribution in [0.3, 0.4) is 0 Å². The van der Waals surface area contributed by atoms with E-state index in [2.05, 4.69) is 0 Å². The summed E-state index contributed by atoms with van der Waals surface area (Å²) >= 11 is 0. The van der Waals surface area contributed by atoms with Crippen LogP contribution in [0.15, 0.2) is 0 Å². The van der Waals surface area contributed by atoms with Crippen LogP contribution in [-0.2, 0) is 9.47 Å². The molecule has 62 valence electrons. The lowest BCUT2D eigenvalue weighted by molar-refractivity contribution is -0.427. The molecule has 3 fully saturated rings. The maximum atomic E-state index is 9.62. The molecule has 0 aromatic rings. The molecule has 4 nitrogen and oxygen atoms in total. The van der Waals surface area contributed by atoms with Crippen LogP contribution < -0.4 is 5.73 Å². The quantitative estimate of drug-likeness (QED) is 0.505. The Morgan fingerprint density at radius 1 is 1.82 bits per heavy atom. The van der Waals surface area contributed by atoms with E-state index in [1.54, 1.807) is 0 Å². The summed E-state index contributed by atoms with van der Waals surface area (Å²) in [5.74, 6) is -1.07. The molecular formula is C7H11NO3. The van der Waals surface area contributed by atoms with Crippen molar-refractivity contribution in [3.05, 3.63) is 0 Å². The molecule has 3 aliphatic rings. The van der Waals surface area contributed by atoms with Crippen LogP contribution in [0, 0.1) is 5.92 Å². The zero-order valence-corrected chi connectivity index (χ0v) is 5.99. The highest BCUT2D eigenvalue weighted by Gasteiger charge is 2.78. The Labute approximate surface area is 65.7 Å². The Morgan fingerprint density at radius 2 is 2.64 bits per heavy atom. The van der Waals surface area contributed by atoms with Crippen LogP contribution in [0.1, 0.15) is 7.79 Å². The SMILES string of the molecule is [3H][C@@H]1O[C@@]2(CN)CC3(O)OC1C32. The summed E-state index contributed by atoms with van der Waals surface area (Å²) in [6.07, 6.45) is 0.167. The molecule has 2 aliphatic heterocycles. The molecule has 1 saturated carbocycles. The third-order valence-corrected chi connectivity index (χ3v) is 3.06. The molecule has 3 N–H and O–H groups in total. The fourth-order valence-corrected chi connectivity index (χ4v) is 2.50. The Hall–Kier alpha value is -0.160. The fourth-order valence-electron chi connectivity index (χ4n) is 2.50. The molecular weight excluding hydrogens is 146 g/mol. The van der Waals surface area contributed by atoms with E-state index < -0.39 is 18.0 Å². The molecule has 0 spiro atoms. The molecule has 0 aromatic carbocycles. The summed E-state index contributed by atoms with van der Waals surface area (Å²) in [4.78, 5) is 0. The van der Waals surface area contributed by atoms with Crippen molar-refractivity contribution in [2.45, 2.75) is 23.9 Å². The van der Waals surface area contributed by atoms with Crippen LogP contribution in [0.5, 0.6) is 0 Å². The van der Waals surface area contributed by atoms with Gasteiger partial charge in [0.25, 0.3) is 0 Å². The standard InChI is InChI=1S/C7H11NO3/c8-3-6-2-7(9)5(6)4(11-7)1-10-6/h4-5,9H,1-3,8H2/t4?,5?,6-,7?/m1/s1/i1T/t1-,4?,5?,6+,7?/m0. The predicted molar refractivity (Wildman–Crippen MR) is 35.7 cm³/mol. The third kappa shape index (κ3) is 0.471. The maximum absolute atomic E-state index is 9.62. The first kappa shape index (κ1) is 5.48. The van der Waals surface area contributed by atoms with E-state index in [9.17, 15) is 5.11 Å². The molecule has 0 amide bonds. The van der Waals surface area contributed by atoms with Gasteiger partial charge in [0.05, 0.1) is 25.6 Å². The van der Waals surface area contributed by atoms with Crippen LogP contribution in [0.25, 0.3) is 0 Å². The topological polar surface area (TPSA) is 64.7 Å². The average Bonchev–Trinajstić information content (AvgIpc) is 2.09. The minimum absolute atomic E-state index is 0.0579. The van der Waals surface area contributed by atoms with Crippen molar-refractivity contribution in [2.24, 2.45) is 11.7 Å². The second-order valence-electron chi connectivity index (χ2n) is 3.60. The Kier molecular flexibility index (Phi) is 0.734. The number of nitrogens with two attached hydrogens (primary N) is 1. The minimum atomic E-state index is -1.01. The van der Waals surface area contributed by atoms with Gasteiger partial charge in [-0.3, -0.25) is 0 Å². The van der Waals surface area contributed by atoms with E-state index in [-0.39, 0.29) is 12.0 Å². The van der Waals surface area contributed by atoms with Gasteiger partial charge in [0.15, 0.2) is 5.79 Å². The van der Waals surface area contributed by atoms with E-state index in [4.69, 9.17) is 16.6 Å². The molecule has 3 rings (SSSR count). The van der Waals surface area contributed by atoms with Crippen molar-refractivity contribution in [1.82, 2.24) is 0 Å². The van der Waals surface area contributed by atoms with Gasteiger partial charge in [0.1, 0.15) is 0 Å². The first-order chi connectivity index (χ1) is 5.61. The maximum Gasteiger partial charge on any atom is 0.177 e. The van der Waals surface area contributed by atoms with E-state index in [0.29, 0.717) is 13.0 Å². The third-order valence-electron chi connectivity index (χ3n) is 3.06. The van der Waals surface area contributed by atoms with Gasteiger partial charge in [0.2, 0.25) is 0 Å². The second kappa shape index (κ2) is 1.47. The highest BCUT2D eigenvalue weighted by molar-refractivity contribution is 5.21. The lowest BCUT2D eigenvalue weighted by Gasteiger charge is -2.62. The van der Waals surface area contributed by atoms with Gasteiger partial charge in [-0.1, -0.05) is 0 Å². The van der Waals surface area contributed by atoms with Crippen molar-refractivity contribution in [3.63, 3.8) is 0 Å². The molecule has 0 bridgehead atoms. The monoisotopic (exact) mass is 159 g/mol. The molecule has 2 heterocycles. The zero-order chi connectivity index (χ0) is 8.56. The molecule has 1 aliphatic carbocycles. The number of ether oxygens (including phenoxy) is 2. The van der Waals surface area contributed by atoms with E-state index in [1.165, 1.54) is 0 Å². The first-order valence-corrected chi connectivity index (χ1v) is 3.82. The number of aliphatic hydroxyl groups is 1. The summed E-state index contributed by atoms with van der Waals surface area (Å²) < 4.78 is 18.0. The largest absolute Gasteiger partial charge is 0.370 e. The number of hydrogen-bond donors (Lipinski definition) is 2. The summed E-state index contributed by atoms with van der Waals surface area (Å²) in [6, 6.07) is 0. The van der Waals surface area contributed by atoms with Crippen molar-refractivity contribution in [1.29, 1.82) is 0 Å². The molecule has 4 heteroatoms. The van der Waals surface area contributed by atoms with Gasteiger partial charge >= 0.3 is 0 Å². The van der Waals surface area contributed by atoms with Crippen LogP contribution in [-0.4, -0.2) is 35.7 Å². The van der Waals surface area contributed by atoms with E-state index >= 15 is 0 Å². The van der Waals surface area contributed by atoms with Crippen LogP contribution >= 0.6 is 0 Å². The fraction of sp³-hybridized carbons (Fsp3) is 1.00. The molecule has 11 heavy (non-hydrogen) atoms. The van der Waals surface area contributed by atoms with Gasteiger partial charge in [-0.25, -0.2) is 0 Å². The highest BCUT2D eigenvalue weighted by Crippen LogP contribution is 2.63. The summed E-state index contributed by atoms with van der Waals surface area (Å²) in [7, 11) is 0. The molecule has 2 saturated heterocycles. The summed E-state index contributed by atoms with van der Waals surface area (Å²) in [6.45, 7) is -0.295. The average molecular weight is 159 g/mol. The lowest BCUT2D eigenvalue weighted by Crippen LogP contribution is -2.77. The van der Waals surface area contributed by atoms with E-state index in [0.717, 1.165) is 0 Å². The number of rotatable bonds is 1. The van der Waals surface area contributed by atoms with Crippen LogP contribution in [0.4, 0.5) is 0 Å². The van der Waals surface area contributed by atoms with E-state index in [1.807, 2.05) is 0 Å².